The Kier molecular flexibility index (Phi) is 3.45. The minimum atomic E-state index is 0.681. The van der Waals surface area contributed by atoms with Gasteiger partial charge in [-0.05, 0) is 43.4 Å². The highest BCUT2D eigenvalue weighted by atomic mass is 32.1. The van der Waals surface area contributed by atoms with Gasteiger partial charge in [-0.2, -0.15) is 0 Å². The second kappa shape index (κ2) is 5.81. The molecule has 0 bridgehead atoms. The van der Waals surface area contributed by atoms with Gasteiger partial charge >= 0.3 is 0 Å². The van der Waals surface area contributed by atoms with Crippen molar-refractivity contribution >= 4 is 27.2 Å². The predicted octanol–water partition coefficient (Wildman–Crippen LogP) is 4.28. The van der Waals surface area contributed by atoms with E-state index in [1.165, 1.54) is 35.1 Å². The van der Waals surface area contributed by atoms with Gasteiger partial charge in [-0.15, -0.1) is 16.4 Å². The van der Waals surface area contributed by atoms with Crippen molar-refractivity contribution in [2.75, 3.05) is 7.11 Å². The van der Waals surface area contributed by atoms with Crippen molar-refractivity contribution in [3.8, 4) is 17.1 Å². The Morgan fingerprint density at radius 1 is 1.12 bits per heavy atom. The van der Waals surface area contributed by atoms with Crippen LogP contribution in [0.5, 0.6) is 5.75 Å². The average Bonchev–Trinajstić information content (AvgIpc) is 3.15. The van der Waals surface area contributed by atoms with Crippen LogP contribution in [0, 0.1) is 0 Å². The Balaban J connectivity index is 1.77. The molecule has 1 aliphatic carbocycles. The summed E-state index contributed by atoms with van der Waals surface area (Å²) in [7, 11) is 1.67. The van der Waals surface area contributed by atoms with E-state index in [-0.39, 0.29) is 0 Å². The van der Waals surface area contributed by atoms with E-state index < -0.39 is 0 Å². The third-order valence-electron chi connectivity index (χ3n) is 4.89. The number of methoxy groups -OCH3 is 1. The van der Waals surface area contributed by atoms with E-state index in [0.29, 0.717) is 5.82 Å². The van der Waals surface area contributed by atoms with E-state index in [1.807, 2.05) is 40.1 Å². The summed E-state index contributed by atoms with van der Waals surface area (Å²) >= 11 is 1.82. The molecule has 0 unspecified atom stereocenters. The van der Waals surface area contributed by atoms with Crippen LogP contribution >= 0.6 is 11.3 Å². The molecule has 6 heteroatoms. The van der Waals surface area contributed by atoms with E-state index in [4.69, 9.17) is 9.72 Å². The average molecular weight is 350 g/mol. The summed E-state index contributed by atoms with van der Waals surface area (Å²) in [5.74, 6) is 1.46. The standard InChI is InChI=1S/C19H18N4OS/c1-24-14-9-6-5-7-12(14)17-21-18-16-13-8-3-2-4-10-15(13)25-19(16)20-11-23(18)22-17/h5-7,9,11H,2-4,8,10H2,1H3. The molecule has 0 aliphatic heterocycles. The van der Waals surface area contributed by atoms with Crippen LogP contribution in [0.1, 0.15) is 29.7 Å². The first kappa shape index (κ1) is 14.8. The molecule has 5 rings (SSSR count). The zero-order chi connectivity index (χ0) is 16.8. The Morgan fingerprint density at radius 3 is 2.92 bits per heavy atom. The van der Waals surface area contributed by atoms with Crippen LogP contribution in [0.3, 0.4) is 0 Å². The van der Waals surface area contributed by atoms with Crippen molar-refractivity contribution in [2.24, 2.45) is 0 Å². The van der Waals surface area contributed by atoms with Gasteiger partial charge < -0.3 is 4.74 Å². The number of thiophene rings is 1. The summed E-state index contributed by atoms with van der Waals surface area (Å²) in [6, 6.07) is 7.86. The summed E-state index contributed by atoms with van der Waals surface area (Å²) < 4.78 is 7.28. The number of benzene rings is 1. The molecule has 0 saturated heterocycles. The van der Waals surface area contributed by atoms with Crippen molar-refractivity contribution in [3.63, 3.8) is 0 Å². The second-order valence-electron chi connectivity index (χ2n) is 6.39. The van der Waals surface area contributed by atoms with Crippen LogP contribution in [0.2, 0.25) is 0 Å². The van der Waals surface area contributed by atoms with Crippen molar-refractivity contribution < 1.29 is 4.74 Å². The van der Waals surface area contributed by atoms with E-state index in [9.17, 15) is 0 Å². The van der Waals surface area contributed by atoms with Gasteiger partial charge in [0, 0.05) is 4.88 Å². The number of aromatic nitrogens is 4. The molecule has 3 heterocycles. The first-order valence-corrected chi connectivity index (χ1v) is 9.46. The Labute approximate surface area is 149 Å². The molecule has 4 aromatic rings. The Morgan fingerprint density at radius 2 is 2.00 bits per heavy atom. The summed E-state index contributed by atoms with van der Waals surface area (Å²) in [5.41, 5.74) is 3.25. The fourth-order valence-corrected chi connectivity index (χ4v) is 4.90. The van der Waals surface area contributed by atoms with Crippen LogP contribution in [-0.2, 0) is 12.8 Å². The molecule has 0 fully saturated rings. The van der Waals surface area contributed by atoms with Gasteiger partial charge in [-0.25, -0.2) is 14.5 Å². The number of aryl methyl sites for hydroxylation is 2. The molecule has 0 radical (unpaired) electrons. The number of hydrogen-bond acceptors (Lipinski definition) is 5. The predicted molar refractivity (Wildman–Crippen MR) is 99.4 cm³/mol. The maximum Gasteiger partial charge on any atom is 0.185 e. The molecule has 0 N–H and O–H groups in total. The van der Waals surface area contributed by atoms with Gasteiger partial charge in [-0.3, -0.25) is 0 Å². The molecule has 0 atom stereocenters. The van der Waals surface area contributed by atoms with Crippen LogP contribution in [0.25, 0.3) is 27.3 Å². The van der Waals surface area contributed by atoms with E-state index in [0.717, 1.165) is 34.6 Å². The van der Waals surface area contributed by atoms with Crippen molar-refractivity contribution in [1.29, 1.82) is 0 Å². The van der Waals surface area contributed by atoms with Crippen LogP contribution in [-0.4, -0.2) is 26.7 Å². The fraction of sp³-hybridized carbons (Fsp3) is 0.316. The zero-order valence-corrected chi connectivity index (χ0v) is 14.8. The molecular formula is C19H18N4OS. The SMILES string of the molecule is COc1ccccc1-c1nc2c3c4c(sc3ncn2n1)CCCCC4. The highest BCUT2D eigenvalue weighted by Crippen LogP contribution is 2.37. The first-order valence-electron chi connectivity index (χ1n) is 8.64. The molecule has 3 aromatic heterocycles. The van der Waals surface area contributed by atoms with Gasteiger partial charge in [-0.1, -0.05) is 18.6 Å². The lowest BCUT2D eigenvalue weighted by Crippen LogP contribution is -1.92. The first-order chi connectivity index (χ1) is 12.3. The van der Waals surface area contributed by atoms with Crippen molar-refractivity contribution in [3.05, 3.63) is 41.0 Å². The number of ether oxygens (including phenoxy) is 1. The molecule has 1 aromatic carbocycles. The van der Waals surface area contributed by atoms with Crippen molar-refractivity contribution in [1.82, 2.24) is 19.6 Å². The normalized spacial score (nSPS) is 14.6. The van der Waals surface area contributed by atoms with Gasteiger partial charge in [0.2, 0.25) is 0 Å². The number of para-hydroxylation sites is 1. The largest absolute Gasteiger partial charge is 0.496 e. The van der Waals surface area contributed by atoms with Gasteiger partial charge in [0.1, 0.15) is 16.9 Å². The van der Waals surface area contributed by atoms with Gasteiger partial charge in [0.15, 0.2) is 11.5 Å². The molecule has 25 heavy (non-hydrogen) atoms. The van der Waals surface area contributed by atoms with E-state index in [2.05, 4.69) is 10.1 Å². The monoisotopic (exact) mass is 350 g/mol. The minimum Gasteiger partial charge on any atom is -0.496 e. The molecule has 0 amide bonds. The van der Waals surface area contributed by atoms with Crippen molar-refractivity contribution in [2.45, 2.75) is 32.1 Å². The van der Waals surface area contributed by atoms with Crippen LogP contribution < -0.4 is 4.74 Å². The fourth-order valence-electron chi connectivity index (χ4n) is 3.67. The number of hydrogen-bond donors (Lipinski definition) is 0. The third-order valence-corrected chi connectivity index (χ3v) is 6.09. The van der Waals surface area contributed by atoms with Gasteiger partial charge in [0.25, 0.3) is 0 Å². The highest BCUT2D eigenvalue weighted by molar-refractivity contribution is 7.19. The molecule has 5 nitrogen and oxygen atoms in total. The van der Waals surface area contributed by atoms with Crippen LogP contribution in [0.4, 0.5) is 0 Å². The molecule has 0 saturated carbocycles. The Bertz CT molecular complexity index is 1080. The van der Waals surface area contributed by atoms with Crippen LogP contribution in [0.15, 0.2) is 30.6 Å². The lowest BCUT2D eigenvalue weighted by Gasteiger charge is -2.03. The number of rotatable bonds is 2. The second-order valence-corrected chi connectivity index (χ2v) is 7.48. The van der Waals surface area contributed by atoms with E-state index in [1.54, 1.807) is 13.4 Å². The zero-order valence-electron chi connectivity index (χ0n) is 14.0. The summed E-state index contributed by atoms with van der Waals surface area (Å²) in [6.45, 7) is 0. The molecule has 0 spiro atoms. The molecule has 1 aliphatic rings. The highest BCUT2D eigenvalue weighted by Gasteiger charge is 2.20. The lowest BCUT2D eigenvalue weighted by atomic mass is 10.1. The number of nitrogens with zero attached hydrogens (tertiary/aromatic N) is 4. The maximum absolute atomic E-state index is 5.47. The quantitative estimate of drug-likeness (QED) is 0.506. The summed E-state index contributed by atoms with van der Waals surface area (Å²) in [6.07, 6.45) is 7.88. The third kappa shape index (κ3) is 2.32. The summed E-state index contributed by atoms with van der Waals surface area (Å²) in [5, 5.41) is 5.85. The van der Waals surface area contributed by atoms with Gasteiger partial charge in [0.05, 0.1) is 18.1 Å². The topological polar surface area (TPSA) is 52.3 Å². The smallest absolute Gasteiger partial charge is 0.185 e. The summed E-state index contributed by atoms with van der Waals surface area (Å²) in [4.78, 5) is 12.1. The Hall–Kier alpha value is -2.47. The lowest BCUT2D eigenvalue weighted by molar-refractivity contribution is 0.416. The maximum atomic E-state index is 5.47. The molecule has 126 valence electrons. The minimum absolute atomic E-state index is 0.681. The molecular weight excluding hydrogens is 332 g/mol. The van der Waals surface area contributed by atoms with E-state index >= 15 is 0 Å². The number of fused-ring (bicyclic) bond motifs is 5.